The van der Waals surface area contributed by atoms with Gasteiger partial charge in [-0.3, -0.25) is 4.79 Å². The minimum atomic E-state index is -4.41. The summed E-state index contributed by atoms with van der Waals surface area (Å²) >= 11 is 0. The van der Waals surface area contributed by atoms with E-state index < -0.39 is 21.6 Å². The molecule has 0 fully saturated rings. The molecular weight excluding hydrogens is 343 g/mol. The number of ketones is 1. The molecule has 0 aliphatic rings. The molecule has 0 atom stereocenters. The van der Waals surface area contributed by atoms with Crippen molar-refractivity contribution in [3.8, 4) is 0 Å². The van der Waals surface area contributed by atoms with Crippen LogP contribution in [-0.2, 0) is 16.0 Å². The van der Waals surface area contributed by atoms with Crippen LogP contribution in [0.3, 0.4) is 0 Å². The van der Waals surface area contributed by atoms with Crippen molar-refractivity contribution in [3.63, 3.8) is 0 Å². The maximum Gasteiger partial charge on any atom is 0.416 e. The highest BCUT2D eigenvalue weighted by Crippen LogP contribution is 2.29. The number of benzene rings is 2. The summed E-state index contributed by atoms with van der Waals surface area (Å²) in [5.74, 6) is -0.310. The molecule has 0 amide bonds. The second-order valence-corrected chi connectivity index (χ2v) is 7.16. The number of halogens is 3. The third-order valence-electron chi connectivity index (χ3n) is 3.27. The molecule has 0 aliphatic heterocycles. The first-order chi connectivity index (χ1) is 11.1. The molecule has 4 nitrogen and oxygen atoms in total. The number of sulfone groups is 1. The monoisotopic (exact) mass is 357 g/mol. The van der Waals surface area contributed by atoms with E-state index in [1.165, 1.54) is 36.4 Å². The first-order valence-electron chi connectivity index (χ1n) is 6.82. The Kier molecular flexibility index (Phi) is 4.98. The zero-order valence-corrected chi connectivity index (χ0v) is 13.4. The minimum Gasteiger partial charge on any atom is -0.378 e. The maximum atomic E-state index is 12.5. The highest BCUT2D eigenvalue weighted by atomic mass is 32.2. The highest BCUT2D eigenvalue weighted by Gasteiger charge is 2.29. The van der Waals surface area contributed by atoms with Gasteiger partial charge in [0, 0.05) is 17.5 Å². The summed E-state index contributed by atoms with van der Waals surface area (Å²) < 4.78 is 60.1. The maximum absolute atomic E-state index is 12.5. The average molecular weight is 357 g/mol. The predicted molar refractivity (Wildman–Crippen MR) is 83.8 cm³/mol. The van der Waals surface area contributed by atoms with Crippen LogP contribution < -0.4 is 5.32 Å². The molecule has 0 saturated carbocycles. The van der Waals surface area contributed by atoms with Gasteiger partial charge in [-0.05, 0) is 36.4 Å². The Morgan fingerprint density at radius 1 is 1.00 bits per heavy atom. The lowest BCUT2D eigenvalue weighted by Gasteiger charge is -2.09. The molecule has 1 N–H and O–H groups in total. The van der Waals surface area contributed by atoms with Gasteiger partial charge in [0.15, 0.2) is 15.6 Å². The van der Waals surface area contributed by atoms with Gasteiger partial charge in [0.1, 0.15) is 0 Å². The van der Waals surface area contributed by atoms with Gasteiger partial charge in [-0.2, -0.15) is 13.2 Å². The van der Waals surface area contributed by atoms with E-state index in [9.17, 15) is 26.4 Å². The molecule has 0 aromatic heterocycles. The Labute approximate surface area is 137 Å². The molecule has 2 aromatic carbocycles. The number of carbonyl (C=O) groups is 1. The molecule has 2 rings (SSSR count). The van der Waals surface area contributed by atoms with E-state index in [-0.39, 0.29) is 17.2 Å². The zero-order valence-electron chi connectivity index (χ0n) is 12.6. The SMILES string of the molecule is CS(=O)(=O)c1ccc(C(=O)CNc2ccc(C(F)(F)F)cc2)cc1. The number of hydrogen-bond donors (Lipinski definition) is 1. The topological polar surface area (TPSA) is 63.2 Å². The molecule has 2 aromatic rings. The first-order valence-corrected chi connectivity index (χ1v) is 8.71. The van der Waals surface area contributed by atoms with Gasteiger partial charge in [-0.15, -0.1) is 0 Å². The fourth-order valence-electron chi connectivity index (χ4n) is 1.95. The normalized spacial score (nSPS) is 12.0. The minimum absolute atomic E-state index is 0.106. The van der Waals surface area contributed by atoms with Crippen LogP contribution in [0.15, 0.2) is 53.4 Å². The molecule has 0 heterocycles. The Morgan fingerprint density at radius 2 is 1.54 bits per heavy atom. The molecular formula is C16H14F3NO3S. The van der Waals surface area contributed by atoms with Crippen LogP contribution in [0.5, 0.6) is 0 Å². The van der Waals surface area contributed by atoms with Crippen LogP contribution in [0.2, 0.25) is 0 Å². The van der Waals surface area contributed by atoms with Gasteiger partial charge in [-0.25, -0.2) is 8.42 Å². The number of rotatable bonds is 5. The number of Topliss-reactive ketones (excluding diaryl/α,β-unsaturated/α-hetero) is 1. The van der Waals surface area contributed by atoms with E-state index in [1.807, 2.05) is 0 Å². The Morgan fingerprint density at radius 3 is 2.00 bits per heavy atom. The quantitative estimate of drug-likeness (QED) is 0.833. The van der Waals surface area contributed by atoms with Crippen molar-refractivity contribution in [2.24, 2.45) is 0 Å². The van der Waals surface area contributed by atoms with Crippen LogP contribution in [-0.4, -0.2) is 27.0 Å². The fourth-order valence-corrected chi connectivity index (χ4v) is 2.58. The number of carbonyl (C=O) groups excluding carboxylic acids is 1. The smallest absolute Gasteiger partial charge is 0.378 e. The lowest BCUT2D eigenvalue weighted by atomic mass is 10.1. The second kappa shape index (κ2) is 6.64. The van der Waals surface area contributed by atoms with Crippen molar-refractivity contribution in [1.29, 1.82) is 0 Å². The van der Waals surface area contributed by atoms with E-state index in [2.05, 4.69) is 5.32 Å². The average Bonchev–Trinajstić information content (AvgIpc) is 2.51. The van der Waals surface area contributed by atoms with Crippen molar-refractivity contribution >= 4 is 21.3 Å². The third kappa shape index (κ3) is 4.58. The summed E-state index contributed by atoms with van der Waals surface area (Å²) in [5, 5.41) is 2.73. The number of nitrogens with one attached hydrogen (secondary N) is 1. The Bertz CT molecular complexity index is 826. The largest absolute Gasteiger partial charge is 0.416 e. The molecule has 0 bridgehead atoms. The van der Waals surface area contributed by atoms with Gasteiger partial charge < -0.3 is 5.32 Å². The summed E-state index contributed by atoms with van der Waals surface area (Å²) in [5.41, 5.74) is -0.0818. The molecule has 0 aliphatic carbocycles. The van der Waals surface area contributed by atoms with E-state index in [4.69, 9.17) is 0 Å². The molecule has 8 heteroatoms. The summed E-state index contributed by atoms with van der Waals surface area (Å²) in [7, 11) is -3.34. The highest BCUT2D eigenvalue weighted by molar-refractivity contribution is 7.90. The van der Waals surface area contributed by atoms with Crippen molar-refractivity contribution in [2.45, 2.75) is 11.1 Å². The summed E-state index contributed by atoms with van der Waals surface area (Å²) in [6.45, 7) is -0.121. The van der Waals surface area contributed by atoms with E-state index in [1.54, 1.807) is 0 Å². The molecule has 0 unspecified atom stereocenters. The van der Waals surface area contributed by atoms with E-state index >= 15 is 0 Å². The van der Waals surface area contributed by atoms with Crippen molar-refractivity contribution in [1.82, 2.24) is 0 Å². The van der Waals surface area contributed by atoms with Gasteiger partial charge in [0.05, 0.1) is 17.0 Å². The van der Waals surface area contributed by atoms with Crippen LogP contribution >= 0.6 is 0 Å². The van der Waals surface area contributed by atoms with Crippen molar-refractivity contribution in [2.75, 3.05) is 18.1 Å². The zero-order chi connectivity index (χ0) is 18.0. The lowest BCUT2D eigenvalue weighted by Crippen LogP contribution is -2.14. The van der Waals surface area contributed by atoms with E-state index in [0.29, 0.717) is 11.3 Å². The Balaban J connectivity index is 2.00. The molecule has 0 spiro atoms. The number of hydrogen-bond acceptors (Lipinski definition) is 4. The molecule has 0 radical (unpaired) electrons. The number of anilines is 1. The van der Waals surface area contributed by atoms with Gasteiger partial charge in [0.2, 0.25) is 0 Å². The lowest BCUT2D eigenvalue weighted by molar-refractivity contribution is -0.137. The molecule has 128 valence electrons. The fraction of sp³-hybridized carbons (Fsp3) is 0.188. The third-order valence-corrected chi connectivity index (χ3v) is 4.40. The molecule has 24 heavy (non-hydrogen) atoms. The van der Waals surface area contributed by atoms with E-state index in [0.717, 1.165) is 18.4 Å². The summed E-state index contributed by atoms with van der Waals surface area (Å²) in [6.07, 6.45) is -3.34. The van der Waals surface area contributed by atoms with Crippen LogP contribution in [0.1, 0.15) is 15.9 Å². The Hall–Kier alpha value is -2.35. The summed E-state index contributed by atoms with van der Waals surface area (Å²) in [4.78, 5) is 12.1. The van der Waals surface area contributed by atoms with Gasteiger partial charge >= 0.3 is 6.18 Å². The van der Waals surface area contributed by atoms with Crippen molar-refractivity contribution in [3.05, 3.63) is 59.7 Å². The first kappa shape index (κ1) is 18.0. The standard InChI is InChI=1S/C16H14F3NO3S/c1-24(22,23)14-8-2-11(3-9-14)15(21)10-20-13-6-4-12(5-7-13)16(17,18)19/h2-9,20H,10H2,1H3. The van der Waals surface area contributed by atoms with Crippen molar-refractivity contribution < 1.29 is 26.4 Å². The van der Waals surface area contributed by atoms with Crippen LogP contribution in [0, 0.1) is 0 Å². The number of alkyl halides is 3. The van der Waals surface area contributed by atoms with Crippen LogP contribution in [0.4, 0.5) is 18.9 Å². The van der Waals surface area contributed by atoms with Crippen LogP contribution in [0.25, 0.3) is 0 Å². The predicted octanol–water partition coefficient (Wildman–Crippen LogP) is 3.40. The van der Waals surface area contributed by atoms with Gasteiger partial charge in [0.25, 0.3) is 0 Å². The second-order valence-electron chi connectivity index (χ2n) is 5.15. The summed E-state index contributed by atoms with van der Waals surface area (Å²) in [6, 6.07) is 9.79. The molecule has 0 saturated heterocycles. The van der Waals surface area contributed by atoms with Gasteiger partial charge in [-0.1, -0.05) is 12.1 Å².